The number of hydrogen-bond donors (Lipinski definition) is 6. The topological polar surface area (TPSA) is 249 Å². The van der Waals surface area contributed by atoms with Gasteiger partial charge in [-0.3, -0.25) is 29.6 Å². The number of β-amino-alcohol motifs (C(OH)–C–C–N with tert-alkyl or cyclic N) is 3. The third-order valence-corrected chi connectivity index (χ3v) is 14.5. The fourth-order valence-electron chi connectivity index (χ4n) is 7.99. The minimum Gasteiger partial charge on any atom is -0.390 e. The first kappa shape index (κ1) is 51.8. The van der Waals surface area contributed by atoms with E-state index in [0.29, 0.717) is 55.5 Å². The molecule has 0 aliphatic carbocycles. The zero-order chi connectivity index (χ0) is 45.1. The molecule has 21 heteroatoms. The van der Waals surface area contributed by atoms with Crippen LogP contribution in [-0.4, -0.2) is 146 Å². The molecule has 1 amide bonds. The molecule has 2 aromatic rings. The lowest BCUT2D eigenvalue weighted by atomic mass is 10.1. The highest BCUT2D eigenvalue weighted by molar-refractivity contribution is 7.90. The van der Waals surface area contributed by atoms with Crippen molar-refractivity contribution < 1.29 is 41.9 Å². The predicted molar refractivity (Wildman–Crippen MR) is 232 cm³/mol. The van der Waals surface area contributed by atoms with Crippen LogP contribution in [0.15, 0.2) is 52.3 Å². The molecule has 0 saturated carbocycles. The minimum atomic E-state index is -4.06. The van der Waals surface area contributed by atoms with Crippen molar-refractivity contribution in [2.45, 2.75) is 107 Å². The molecule has 3 saturated heterocycles. The number of primary amides is 1. The van der Waals surface area contributed by atoms with Crippen LogP contribution in [0, 0.1) is 27.9 Å². The number of amides is 1. The Morgan fingerprint density at radius 1 is 0.750 bits per heavy atom. The van der Waals surface area contributed by atoms with Crippen molar-refractivity contribution in [3.05, 3.63) is 62.6 Å². The average Bonchev–Trinajstić information content (AvgIpc) is 3.78. The Bertz CT molecular complexity index is 1950. The second-order valence-corrected chi connectivity index (χ2v) is 21.0. The average molecular weight is 925 g/mol. The molecular weight excluding hydrogens is 862 g/mol. The van der Waals surface area contributed by atoms with Gasteiger partial charge in [0, 0.05) is 81.6 Å². The number of rotatable bonds is 16. The molecule has 3 aliphatic rings. The van der Waals surface area contributed by atoms with E-state index in [1.165, 1.54) is 36.4 Å². The predicted octanol–water partition coefficient (Wildman–Crippen LogP) is 2.89. The summed E-state index contributed by atoms with van der Waals surface area (Å²) in [5.41, 5.74) is 4.49. The summed E-state index contributed by atoms with van der Waals surface area (Å²) in [4.78, 5) is 26.8. The Hall–Kier alpha value is -2.53. The van der Waals surface area contributed by atoms with Gasteiger partial charge < -0.3 is 21.1 Å². The number of sulfonamides is 2. The van der Waals surface area contributed by atoms with Crippen molar-refractivity contribution in [1.29, 1.82) is 0 Å². The lowest BCUT2D eigenvalue weighted by Crippen LogP contribution is -2.41. The molecule has 0 bridgehead atoms. The molecule has 60 heavy (non-hydrogen) atoms. The second-order valence-electron chi connectivity index (χ2n) is 16.7. The fourth-order valence-corrected chi connectivity index (χ4v) is 11.1. The van der Waals surface area contributed by atoms with Gasteiger partial charge in [-0.15, -0.1) is 0 Å². The number of aliphatic hydroxyl groups excluding tert-OH is 3. The summed E-state index contributed by atoms with van der Waals surface area (Å²) in [7, 11) is -7.87. The molecule has 0 aromatic heterocycles. The summed E-state index contributed by atoms with van der Waals surface area (Å²) in [6, 6.07) is 10.6. The molecule has 17 nitrogen and oxygen atoms in total. The Kier molecular flexibility index (Phi) is 20.1. The van der Waals surface area contributed by atoms with Gasteiger partial charge in [-0.05, 0) is 82.1 Å². The van der Waals surface area contributed by atoms with Crippen LogP contribution >= 0.6 is 23.2 Å². The number of likely N-dealkylation sites (tertiary alicyclic amines) is 3. The highest BCUT2D eigenvalue weighted by Gasteiger charge is 2.31. The maximum atomic E-state index is 12.3. The van der Waals surface area contributed by atoms with E-state index in [0.717, 1.165) is 45.0 Å². The molecule has 3 aliphatic heterocycles. The molecule has 9 atom stereocenters. The Morgan fingerprint density at radius 3 is 1.57 bits per heavy atom. The number of aliphatic hydroxyl groups is 3. The largest absolute Gasteiger partial charge is 0.390 e. The van der Waals surface area contributed by atoms with Gasteiger partial charge in [0.2, 0.25) is 26.0 Å². The third-order valence-electron chi connectivity index (χ3n) is 10.9. The van der Waals surface area contributed by atoms with Crippen LogP contribution in [0.1, 0.15) is 60.8 Å². The molecule has 3 fully saturated rings. The smallest absolute Gasteiger partial charge is 0.289 e. The van der Waals surface area contributed by atoms with Crippen LogP contribution < -0.4 is 15.2 Å². The van der Waals surface area contributed by atoms with Gasteiger partial charge in [-0.2, -0.15) is 0 Å². The van der Waals surface area contributed by atoms with E-state index in [-0.39, 0.29) is 28.0 Å². The number of carbonyl (C=O) groups is 1. The normalized spacial score (nSPS) is 25.4. The first-order chi connectivity index (χ1) is 27.9. The minimum absolute atomic E-state index is 0.0667. The fraction of sp³-hybridized carbons (Fsp3) is 0.667. The zero-order valence-corrected chi connectivity index (χ0v) is 38.3. The maximum Gasteiger partial charge on any atom is 0.289 e. The molecule has 0 radical (unpaired) electrons. The quantitative estimate of drug-likeness (QED) is 0.105. The molecule has 7 N–H and O–H groups in total. The maximum absolute atomic E-state index is 12.3. The number of hydrogen-bond acceptors (Lipinski definition) is 13. The SMILES string of the molecule is CC1CC(C)N(C[C@@H](O)C(N)=O)C1.CC1CC(C)N(C[C@@H](O)CNS(=O)(=O)c2cc(Cl)ccc2Cl)C1.CC1CC(C)N(C[C@@H](O)CNS(=O)(=O)c2ccccc2[N+](=O)[O-])C1. The first-order valence-corrected chi connectivity index (χ1v) is 23.9. The number of nitro groups is 1. The molecule has 0 spiro atoms. The van der Waals surface area contributed by atoms with E-state index in [4.69, 9.17) is 28.9 Å². The van der Waals surface area contributed by atoms with Crippen LogP contribution in [0.2, 0.25) is 10.0 Å². The van der Waals surface area contributed by atoms with Gasteiger partial charge in [-0.25, -0.2) is 26.3 Å². The van der Waals surface area contributed by atoms with Crippen LogP contribution in [0.4, 0.5) is 5.69 Å². The van der Waals surface area contributed by atoms with Gasteiger partial charge in [0.05, 0.1) is 22.2 Å². The monoisotopic (exact) mass is 923 g/mol. The highest BCUT2D eigenvalue weighted by atomic mass is 35.5. The van der Waals surface area contributed by atoms with E-state index in [1.807, 2.05) is 0 Å². The number of carbonyl (C=O) groups excluding carboxylic acids is 1. The summed E-state index contributed by atoms with van der Waals surface area (Å²) in [6.45, 7) is 16.5. The van der Waals surface area contributed by atoms with E-state index in [1.54, 1.807) is 0 Å². The van der Waals surface area contributed by atoms with Crippen LogP contribution in [-0.2, 0) is 24.8 Å². The molecular formula is C39H63Cl2N7O10S2. The number of nitro benzene ring substituents is 1. The number of benzene rings is 2. The van der Waals surface area contributed by atoms with Crippen molar-refractivity contribution in [3.63, 3.8) is 0 Å². The van der Waals surface area contributed by atoms with Crippen molar-refractivity contribution in [2.75, 3.05) is 52.4 Å². The summed E-state index contributed by atoms with van der Waals surface area (Å²) in [5.74, 6) is 1.16. The number of nitrogens with zero attached hydrogens (tertiary/aromatic N) is 4. The summed E-state index contributed by atoms with van der Waals surface area (Å²) in [6.07, 6.45) is 0.593. The molecule has 5 rings (SSSR count). The second kappa shape index (κ2) is 23.2. The number of nitrogens with two attached hydrogens (primary N) is 1. The van der Waals surface area contributed by atoms with Crippen molar-refractivity contribution in [2.24, 2.45) is 23.5 Å². The van der Waals surface area contributed by atoms with E-state index < -0.39 is 59.8 Å². The molecule has 3 heterocycles. The van der Waals surface area contributed by atoms with Gasteiger partial charge in [0.1, 0.15) is 11.0 Å². The number of halogens is 2. The first-order valence-electron chi connectivity index (χ1n) is 20.1. The Morgan fingerprint density at radius 2 is 1.17 bits per heavy atom. The van der Waals surface area contributed by atoms with E-state index in [9.17, 15) is 47.1 Å². The van der Waals surface area contributed by atoms with Gasteiger partial charge in [0.25, 0.3) is 5.69 Å². The van der Waals surface area contributed by atoms with Crippen molar-refractivity contribution >= 4 is 54.8 Å². The zero-order valence-electron chi connectivity index (χ0n) is 35.2. The van der Waals surface area contributed by atoms with E-state index >= 15 is 0 Å². The lowest BCUT2D eigenvalue weighted by Gasteiger charge is -2.24. The van der Waals surface area contributed by atoms with Gasteiger partial charge >= 0.3 is 0 Å². The number of para-hydroxylation sites is 1. The van der Waals surface area contributed by atoms with Crippen LogP contribution in [0.3, 0.4) is 0 Å². The van der Waals surface area contributed by atoms with Gasteiger partial charge in [-0.1, -0.05) is 56.1 Å². The standard InChI is InChI=1S/C15H22Cl2N2O3S.C15H23N3O5S.C9H18N2O2/c1-10-5-11(2)19(8-10)9-13(20)7-18-23(21,22)15-6-12(16)3-4-14(15)17;1-11-7-12(2)17(9-11)10-13(19)8-16-24(22,23)15-6-4-3-5-14(15)18(20)21;1-6-3-7(2)11(4-6)5-8(12)9(10)13/h3-4,6,10-11,13,18,20H,5,7-9H2,1-2H3;3-6,11-13,16,19H,7-10H2,1-2H3;6-8,12H,3-5H2,1-2H3,(H2,10,13)/t10?,11?,13-;11?,12?,13-;6?,7?,8-/m001/s1. The Labute approximate surface area is 364 Å². The van der Waals surface area contributed by atoms with Crippen LogP contribution in [0.5, 0.6) is 0 Å². The third kappa shape index (κ3) is 16.0. The molecule has 2 aromatic carbocycles. The summed E-state index contributed by atoms with van der Waals surface area (Å²) >= 11 is 11.7. The van der Waals surface area contributed by atoms with Crippen molar-refractivity contribution in [3.8, 4) is 0 Å². The highest BCUT2D eigenvalue weighted by Crippen LogP contribution is 2.27. The number of nitrogens with one attached hydrogen (secondary N) is 2. The molecule has 340 valence electrons. The summed E-state index contributed by atoms with van der Waals surface area (Å²) < 4.78 is 53.8. The molecule has 6 unspecified atom stereocenters. The van der Waals surface area contributed by atoms with Crippen molar-refractivity contribution in [1.82, 2.24) is 24.1 Å². The summed E-state index contributed by atoms with van der Waals surface area (Å²) in [5, 5.41) is 40.8. The van der Waals surface area contributed by atoms with Gasteiger partial charge in [0.15, 0.2) is 4.90 Å². The van der Waals surface area contributed by atoms with E-state index in [2.05, 4.69) is 65.7 Å². The van der Waals surface area contributed by atoms with Crippen LogP contribution in [0.25, 0.3) is 0 Å². The Balaban J connectivity index is 0.000000251. The lowest BCUT2D eigenvalue weighted by molar-refractivity contribution is -0.387.